The quantitative estimate of drug-likeness (QED) is 0.159. The van der Waals surface area contributed by atoms with E-state index in [-0.39, 0.29) is 23.8 Å². The van der Waals surface area contributed by atoms with E-state index >= 15 is 0 Å². The Morgan fingerprint density at radius 2 is 1.97 bits per heavy atom. The molecule has 182 valence electrons. The van der Waals surface area contributed by atoms with Crippen molar-refractivity contribution >= 4 is 52.0 Å². The van der Waals surface area contributed by atoms with Gasteiger partial charge in [-0.05, 0) is 42.2 Å². The molecule has 3 rings (SSSR count). The minimum atomic E-state index is -0.610. The van der Waals surface area contributed by atoms with Crippen molar-refractivity contribution in [2.24, 2.45) is 0 Å². The average Bonchev–Trinajstić information content (AvgIpc) is 3.33. The van der Waals surface area contributed by atoms with Gasteiger partial charge in [0, 0.05) is 17.6 Å². The van der Waals surface area contributed by atoms with Crippen LogP contribution in [-0.2, 0) is 4.79 Å². The van der Waals surface area contributed by atoms with Crippen LogP contribution in [0.1, 0.15) is 5.56 Å². The van der Waals surface area contributed by atoms with Crippen LogP contribution in [0.3, 0.4) is 0 Å². The molecule has 0 fully saturated rings. The summed E-state index contributed by atoms with van der Waals surface area (Å²) in [5, 5.41) is 13.1. The fourth-order valence-corrected chi connectivity index (χ4v) is 4.18. The van der Waals surface area contributed by atoms with Gasteiger partial charge in [0.1, 0.15) is 36.4 Å². The van der Waals surface area contributed by atoms with Crippen molar-refractivity contribution in [3.8, 4) is 29.1 Å². The highest BCUT2D eigenvalue weighted by Gasteiger charge is 2.16. The lowest BCUT2D eigenvalue weighted by Crippen LogP contribution is -2.13. The second kappa shape index (κ2) is 12.9. The van der Waals surface area contributed by atoms with Crippen LogP contribution in [0.25, 0.3) is 6.08 Å². The SMILES string of the molecule is COc1cccc(OCCOc2c(Cl)cc(C=C(C#N)C(=O)Nc3nc(SC)ns3)cc2OC)c1. The van der Waals surface area contributed by atoms with E-state index in [2.05, 4.69) is 14.7 Å². The molecule has 12 heteroatoms. The Kier molecular flexibility index (Phi) is 9.60. The second-order valence-electron chi connectivity index (χ2n) is 6.62. The van der Waals surface area contributed by atoms with Crippen LogP contribution in [0, 0.1) is 11.3 Å². The van der Waals surface area contributed by atoms with Crippen LogP contribution in [0.5, 0.6) is 23.0 Å². The van der Waals surface area contributed by atoms with Gasteiger partial charge in [0.15, 0.2) is 11.5 Å². The summed E-state index contributed by atoms with van der Waals surface area (Å²) in [6, 6.07) is 12.3. The molecule has 1 N–H and O–H groups in total. The first kappa shape index (κ1) is 26.2. The van der Waals surface area contributed by atoms with E-state index in [9.17, 15) is 10.1 Å². The predicted octanol–water partition coefficient (Wildman–Crippen LogP) is 4.93. The van der Waals surface area contributed by atoms with E-state index in [1.165, 1.54) is 24.9 Å². The third-order valence-electron chi connectivity index (χ3n) is 4.38. The molecule has 0 aliphatic carbocycles. The number of benzene rings is 2. The zero-order valence-corrected chi connectivity index (χ0v) is 21.4. The van der Waals surface area contributed by atoms with Crippen LogP contribution in [0.2, 0.25) is 5.02 Å². The molecule has 0 saturated heterocycles. The van der Waals surface area contributed by atoms with Gasteiger partial charge >= 0.3 is 0 Å². The Hall–Kier alpha value is -3.46. The molecule has 1 amide bonds. The van der Waals surface area contributed by atoms with Gasteiger partial charge in [0.2, 0.25) is 10.3 Å². The topological polar surface area (TPSA) is 116 Å². The highest BCUT2D eigenvalue weighted by molar-refractivity contribution is 7.98. The summed E-state index contributed by atoms with van der Waals surface area (Å²) < 4.78 is 26.1. The molecule has 0 saturated carbocycles. The number of rotatable bonds is 11. The van der Waals surface area contributed by atoms with Crippen molar-refractivity contribution in [1.82, 2.24) is 9.36 Å². The van der Waals surface area contributed by atoms with E-state index in [1.54, 1.807) is 25.3 Å². The third-order valence-corrected chi connectivity index (χ3v) is 5.95. The molecule has 9 nitrogen and oxygen atoms in total. The number of amides is 1. The smallest absolute Gasteiger partial charge is 0.268 e. The molecule has 0 aliphatic rings. The van der Waals surface area contributed by atoms with Crippen LogP contribution >= 0.6 is 34.9 Å². The first-order valence-corrected chi connectivity index (χ1v) is 12.4. The molecular weight excluding hydrogens is 512 g/mol. The number of aromatic nitrogens is 2. The van der Waals surface area contributed by atoms with Crippen molar-refractivity contribution in [2.75, 3.05) is 39.0 Å². The maximum atomic E-state index is 12.5. The summed E-state index contributed by atoms with van der Waals surface area (Å²) in [7, 11) is 3.05. The fourth-order valence-electron chi connectivity index (χ4n) is 2.78. The zero-order chi connectivity index (χ0) is 25.2. The molecule has 0 aliphatic heterocycles. The number of nitrogens with one attached hydrogen (secondary N) is 1. The molecule has 0 radical (unpaired) electrons. The molecule has 1 heterocycles. The van der Waals surface area contributed by atoms with Crippen LogP contribution < -0.4 is 24.3 Å². The maximum Gasteiger partial charge on any atom is 0.268 e. The number of nitriles is 1. The Labute approximate surface area is 215 Å². The summed E-state index contributed by atoms with van der Waals surface area (Å²) in [5.74, 6) is 1.39. The highest BCUT2D eigenvalue weighted by atomic mass is 35.5. The van der Waals surface area contributed by atoms with E-state index < -0.39 is 5.91 Å². The number of carbonyl (C=O) groups excluding carboxylic acids is 1. The minimum Gasteiger partial charge on any atom is -0.497 e. The predicted molar refractivity (Wildman–Crippen MR) is 136 cm³/mol. The summed E-state index contributed by atoms with van der Waals surface area (Å²) in [6.07, 6.45) is 3.22. The third kappa shape index (κ3) is 7.26. The van der Waals surface area contributed by atoms with Crippen molar-refractivity contribution < 1.29 is 23.7 Å². The highest BCUT2D eigenvalue weighted by Crippen LogP contribution is 2.37. The standard InChI is InChI=1S/C23H21ClN4O5S2/c1-30-16-5-4-6-17(12-16)32-7-8-33-20-18(24)10-14(11-19(20)31-2)9-15(13-25)21(29)26-22-27-23(34-3)28-35-22/h4-6,9-12H,7-8H2,1-3H3,(H,26,27,28,29). The number of carbonyl (C=O) groups is 1. The number of anilines is 1. The Bertz CT molecular complexity index is 1260. The largest absolute Gasteiger partial charge is 0.497 e. The number of thioether (sulfide) groups is 1. The Balaban J connectivity index is 1.67. The molecule has 0 spiro atoms. The van der Waals surface area contributed by atoms with Crippen molar-refractivity contribution in [3.63, 3.8) is 0 Å². The molecule has 0 atom stereocenters. The normalized spacial score (nSPS) is 10.9. The number of halogens is 1. The summed E-state index contributed by atoms with van der Waals surface area (Å²) in [4.78, 5) is 16.6. The monoisotopic (exact) mass is 532 g/mol. The number of methoxy groups -OCH3 is 2. The van der Waals surface area contributed by atoms with E-state index in [0.29, 0.717) is 38.8 Å². The summed E-state index contributed by atoms with van der Waals surface area (Å²) >= 11 is 8.79. The van der Waals surface area contributed by atoms with Crippen LogP contribution in [0.15, 0.2) is 47.1 Å². The molecule has 0 unspecified atom stereocenters. The minimum absolute atomic E-state index is 0.135. The molecule has 0 bridgehead atoms. The van der Waals surface area contributed by atoms with E-state index in [1.807, 2.05) is 30.5 Å². The van der Waals surface area contributed by atoms with Crippen molar-refractivity contribution in [1.29, 1.82) is 5.26 Å². The second-order valence-corrected chi connectivity index (χ2v) is 8.55. The van der Waals surface area contributed by atoms with Crippen LogP contribution in [-0.4, -0.2) is 49.0 Å². The van der Waals surface area contributed by atoms with Gasteiger partial charge in [-0.3, -0.25) is 10.1 Å². The molecule has 35 heavy (non-hydrogen) atoms. The lowest BCUT2D eigenvalue weighted by atomic mass is 10.1. The van der Waals surface area contributed by atoms with Gasteiger partial charge in [-0.1, -0.05) is 29.4 Å². The molecule has 3 aromatic rings. The van der Waals surface area contributed by atoms with Crippen molar-refractivity contribution in [2.45, 2.75) is 5.16 Å². The number of ether oxygens (including phenoxy) is 4. The molecular formula is C23H21ClN4O5S2. The number of nitrogens with zero attached hydrogens (tertiary/aromatic N) is 3. The Morgan fingerprint density at radius 1 is 1.20 bits per heavy atom. The number of hydrogen-bond donors (Lipinski definition) is 1. The lowest BCUT2D eigenvalue weighted by Gasteiger charge is -2.14. The fraction of sp³-hybridized carbons (Fsp3) is 0.217. The Morgan fingerprint density at radius 3 is 2.66 bits per heavy atom. The maximum absolute atomic E-state index is 12.5. The first-order valence-electron chi connectivity index (χ1n) is 10.1. The molecule has 2 aromatic carbocycles. The summed E-state index contributed by atoms with van der Waals surface area (Å²) in [6.45, 7) is 0.463. The zero-order valence-electron chi connectivity index (χ0n) is 19.0. The molecule has 1 aromatic heterocycles. The van der Waals surface area contributed by atoms with Gasteiger partial charge in [0.25, 0.3) is 5.91 Å². The van der Waals surface area contributed by atoms with Crippen molar-refractivity contribution in [3.05, 3.63) is 52.6 Å². The van der Waals surface area contributed by atoms with Gasteiger partial charge in [0.05, 0.1) is 19.2 Å². The summed E-state index contributed by atoms with van der Waals surface area (Å²) in [5.41, 5.74) is 0.352. The number of hydrogen-bond acceptors (Lipinski definition) is 10. The lowest BCUT2D eigenvalue weighted by molar-refractivity contribution is -0.112. The van der Waals surface area contributed by atoms with Gasteiger partial charge in [-0.25, -0.2) is 0 Å². The van der Waals surface area contributed by atoms with E-state index in [4.69, 9.17) is 30.5 Å². The van der Waals surface area contributed by atoms with Gasteiger partial charge < -0.3 is 18.9 Å². The van der Waals surface area contributed by atoms with Gasteiger partial charge in [-0.2, -0.15) is 14.6 Å². The average molecular weight is 533 g/mol. The first-order chi connectivity index (χ1) is 17.0. The van der Waals surface area contributed by atoms with Crippen LogP contribution in [0.4, 0.5) is 5.13 Å². The van der Waals surface area contributed by atoms with E-state index in [0.717, 1.165) is 11.5 Å². The van der Waals surface area contributed by atoms with Gasteiger partial charge in [-0.15, -0.1) is 0 Å².